The number of H-pyrrole nitrogens is 3. The van der Waals surface area contributed by atoms with E-state index in [1.54, 1.807) is 12.4 Å². The number of hydrogen-bond acceptors (Lipinski definition) is 4. The third-order valence-electron chi connectivity index (χ3n) is 5.66. The number of anilines is 1. The number of imidazole rings is 1. The van der Waals surface area contributed by atoms with Gasteiger partial charge in [0.25, 0.3) is 11.8 Å². The van der Waals surface area contributed by atoms with Crippen molar-refractivity contribution in [1.29, 1.82) is 0 Å². The highest BCUT2D eigenvalue weighted by atomic mass is 16.2. The van der Waals surface area contributed by atoms with E-state index in [9.17, 15) is 9.59 Å². The minimum atomic E-state index is -0.139. The average Bonchev–Trinajstić information content (AvgIpc) is 3.42. The Morgan fingerprint density at radius 3 is 2.03 bits per heavy atom. The van der Waals surface area contributed by atoms with Crippen LogP contribution in [-0.4, -0.2) is 60.5 Å². The number of amides is 2. The lowest BCUT2D eigenvalue weighted by atomic mass is 9.79. The SMILES string of the molecule is Bc1c[nH]c(C(=O)NC[C@@H]2Cc3nc(N)[nH]c3C[C@H]2CNC(=O)c2cc(B)c[nH]2)c1. The van der Waals surface area contributed by atoms with Crippen LogP contribution in [0.25, 0.3) is 0 Å². The van der Waals surface area contributed by atoms with E-state index in [1.165, 1.54) is 0 Å². The van der Waals surface area contributed by atoms with Crippen molar-refractivity contribution in [2.45, 2.75) is 12.8 Å². The van der Waals surface area contributed by atoms with Crippen LogP contribution in [-0.2, 0) is 12.8 Å². The minimum Gasteiger partial charge on any atom is -0.369 e. The van der Waals surface area contributed by atoms with Crippen LogP contribution in [0.4, 0.5) is 5.95 Å². The summed E-state index contributed by atoms with van der Waals surface area (Å²) in [7, 11) is 3.87. The molecule has 1 aliphatic carbocycles. The summed E-state index contributed by atoms with van der Waals surface area (Å²) in [5, 5.41) is 6.03. The lowest BCUT2D eigenvalue weighted by molar-refractivity contribution is 0.0911. The maximum Gasteiger partial charge on any atom is 0.267 e. The summed E-state index contributed by atoms with van der Waals surface area (Å²) in [6, 6.07) is 3.64. The van der Waals surface area contributed by atoms with Crippen molar-refractivity contribution in [2.75, 3.05) is 18.8 Å². The van der Waals surface area contributed by atoms with Crippen LogP contribution in [0, 0.1) is 11.8 Å². The first-order valence-corrected chi connectivity index (χ1v) is 10.1. The van der Waals surface area contributed by atoms with Gasteiger partial charge in [0.2, 0.25) is 0 Å². The fraction of sp³-hybridized carbons (Fsp3) is 0.316. The molecule has 0 saturated heterocycles. The van der Waals surface area contributed by atoms with E-state index in [0.717, 1.165) is 22.3 Å². The highest BCUT2D eigenvalue weighted by Gasteiger charge is 2.31. The van der Waals surface area contributed by atoms with Gasteiger partial charge in [0, 0.05) is 18.8 Å². The molecule has 7 N–H and O–H groups in total. The second kappa shape index (κ2) is 8.17. The number of nitrogen functional groups attached to an aromatic ring is 1. The van der Waals surface area contributed by atoms with E-state index in [2.05, 4.69) is 30.6 Å². The molecule has 0 bridgehead atoms. The molecule has 0 aromatic carbocycles. The van der Waals surface area contributed by atoms with Gasteiger partial charge in [-0.1, -0.05) is 10.9 Å². The molecule has 4 rings (SSSR count). The number of nitrogens with one attached hydrogen (secondary N) is 5. The van der Waals surface area contributed by atoms with Crippen LogP contribution < -0.4 is 27.3 Å². The standard InChI is InChI=1S/C19H25B2N7O2/c20-11-3-15(23-7-11)17(29)25-5-9-1-13-14(28-19(22)27-13)2-10(9)6-26-18(30)16-4-12(21)8-24-16/h3-4,7-10,23-24H,1-2,5-6,20-21H2,(H,25,29)(H,26,30)(H3,22,27,28)/t9-,10-/m0/s1. The summed E-state index contributed by atoms with van der Waals surface area (Å²) < 4.78 is 0. The van der Waals surface area contributed by atoms with Gasteiger partial charge in [-0.25, -0.2) is 4.98 Å². The molecule has 154 valence electrons. The molecule has 3 heterocycles. The summed E-state index contributed by atoms with van der Waals surface area (Å²) in [5.74, 6) is 0.396. The summed E-state index contributed by atoms with van der Waals surface area (Å²) in [4.78, 5) is 38.4. The fourth-order valence-corrected chi connectivity index (χ4v) is 4.03. The number of nitrogens with two attached hydrogens (primary N) is 1. The average molecular weight is 405 g/mol. The smallest absolute Gasteiger partial charge is 0.267 e. The zero-order valence-corrected chi connectivity index (χ0v) is 17.1. The molecule has 3 aromatic rings. The predicted molar refractivity (Wildman–Crippen MR) is 120 cm³/mol. The van der Waals surface area contributed by atoms with Gasteiger partial charge in [0.05, 0.1) is 5.69 Å². The van der Waals surface area contributed by atoms with Crippen LogP contribution in [0.1, 0.15) is 32.4 Å². The number of aromatic amines is 3. The quantitative estimate of drug-likeness (QED) is 0.249. The molecular formula is C19H25B2N7O2. The predicted octanol–water partition coefficient (Wildman–Crippen LogP) is -2.64. The first kappa shape index (κ1) is 19.9. The molecule has 3 aromatic heterocycles. The first-order valence-electron chi connectivity index (χ1n) is 10.1. The van der Waals surface area contributed by atoms with E-state index in [0.29, 0.717) is 43.3 Å². The van der Waals surface area contributed by atoms with Crippen molar-refractivity contribution in [3.05, 3.63) is 47.3 Å². The van der Waals surface area contributed by atoms with Crippen LogP contribution in [0.2, 0.25) is 0 Å². The van der Waals surface area contributed by atoms with Crippen molar-refractivity contribution in [1.82, 2.24) is 30.6 Å². The van der Waals surface area contributed by atoms with E-state index in [4.69, 9.17) is 5.73 Å². The molecular weight excluding hydrogens is 380 g/mol. The number of aromatic nitrogens is 4. The fourth-order valence-electron chi connectivity index (χ4n) is 4.03. The summed E-state index contributed by atoms with van der Waals surface area (Å²) >= 11 is 0. The van der Waals surface area contributed by atoms with Gasteiger partial charge in [-0.3, -0.25) is 9.59 Å². The van der Waals surface area contributed by atoms with Crippen LogP contribution in [0.5, 0.6) is 0 Å². The molecule has 0 radical (unpaired) electrons. The molecule has 0 spiro atoms. The van der Waals surface area contributed by atoms with Crippen molar-refractivity contribution < 1.29 is 9.59 Å². The Morgan fingerprint density at radius 1 is 1.00 bits per heavy atom. The van der Waals surface area contributed by atoms with E-state index in [1.807, 2.05) is 27.8 Å². The van der Waals surface area contributed by atoms with Crippen LogP contribution >= 0.6 is 0 Å². The first-order chi connectivity index (χ1) is 14.4. The maximum atomic E-state index is 12.5. The number of fused-ring (bicyclic) bond motifs is 1. The Balaban J connectivity index is 1.43. The molecule has 9 nitrogen and oxygen atoms in total. The van der Waals surface area contributed by atoms with E-state index < -0.39 is 0 Å². The summed E-state index contributed by atoms with van der Waals surface area (Å²) in [6.07, 6.45) is 5.01. The molecule has 2 amide bonds. The highest BCUT2D eigenvalue weighted by Crippen LogP contribution is 2.29. The largest absolute Gasteiger partial charge is 0.369 e. The highest BCUT2D eigenvalue weighted by molar-refractivity contribution is 6.33. The lowest BCUT2D eigenvalue weighted by Crippen LogP contribution is -2.42. The second-order valence-corrected chi connectivity index (χ2v) is 8.08. The van der Waals surface area contributed by atoms with Gasteiger partial charge in [-0.2, -0.15) is 0 Å². The van der Waals surface area contributed by atoms with Crippen LogP contribution in [0.15, 0.2) is 24.5 Å². The minimum absolute atomic E-state index is 0.130. The second-order valence-electron chi connectivity index (χ2n) is 8.08. The summed E-state index contributed by atoms with van der Waals surface area (Å²) in [6.45, 7) is 0.989. The van der Waals surface area contributed by atoms with Crippen molar-refractivity contribution in [3.63, 3.8) is 0 Å². The zero-order valence-electron chi connectivity index (χ0n) is 17.1. The topological polar surface area (TPSA) is 144 Å². The van der Waals surface area contributed by atoms with Gasteiger partial charge in [-0.15, -0.1) is 0 Å². The Kier molecular flexibility index (Phi) is 5.43. The third kappa shape index (κ3) is 4.29. The van der Waals surface area contributed by atoms with E-state index >= 15 is 0 Å². The Labute approximate surface area is 175 Å². The number of nitrogens with zero attached hydrogens (tertiary/aromatic N) is 1. The third-order valence-corrected chi connectivity index (χ3v) is 5.66. The molecule has 0 saturated carbocycles. The molecule has 0 fully saturated rings. The van der Waals surface area contributed by atoms with Gasteiger partial charge in [-0.05, 0) is 49.2 Å². The molecule has 0 aliphatic heterocycles. The maximum absolute atomic E-state index is 12.5. The van der Waals surface area contributed by atoms with Gasteiger partial charge < -0.3 is 31.3 Å². The normalized spacial score (nSPS) is 18.0. The van der Waals surface area contributed by atoms with Crippen molar-refractivity contribution >= 4 is 44.4 Å². The molecule has 0 unspecified atom stereocenters. The lowest BCUT2D eigenvalue weighted by Gasteiger charge is -2.31. The molecule has 30 heavy (non-hydrogen) atoms. The summed E-state index contributed by atoms with van der Waals surface area (Å²) in [5.41, 5.74) is 10.9. The number of carbonyl (C=O) groups is 2. The van der Waals surface area contributed by atoms with Gasteiger partial charge >= 0.3 is 0 Å². The van der Waals surface area contributed by atoms with Crippen molar-refractivity contribution in [2.24, 2.45) is 11.8 Å². The number of carbonyl (C=O) groups excluding carboxylic acids is 2. The van der Waals surface area contributed by atoms with Crippen LogP contribution in [0.3, 0.4) is 0 Å². The molecule has 1 aliphatic rings. The Bertz CT molecular complexity index is 989. The zero-order chi connectivity index (χ0) is 21.3. The number of hydrogen-bond donors (Lipinski definition) is 6. The van der Waals surface area contributed by atoms with Gasteiger partial charge in [0.15, 0.2) is 5.95 Å². The molecule has 11 heteroatoms. The Hall–Kier alpha value is -3.36. The van der Waals surface area contributed by atoms with E-state index in [-0.39, 0.29) is 23.7 Å². The van der Waals surface area contributed by atoms with Crippen molar-refractivity contribution in [3.8, 4) is 0 Å². The van der Waals surface area contributed by atoms with Gasteiger partial charge in [0.1, 0.15) is 27.1 Å². The molecule has 2 atom stereocenters. The number of rotatable bonds is 6. The Morgan fingerprint density at radius 2 is 1.53 bits per heavy atom. The monoisotopic (exact) mass is 405 g/mol.